The van der Waals surface area contributed by atoms with Crippen LogP contribution in [0.15, 0.2) is 23.1 Å². The molecule has 0 aromatic heterocycles. The lowest BCUT2D eigenvalue weighted by atomic mass is 10.2. The summed E-state index contributed by atoms with van der Waals surface area (Å²) in [5, 5.41) is 0. The van der Waals surface area contributed by atoms with Crippen LogP contribution in [0.5, 0.6) is 0 Å². The average Bonchev–Trinajstić information content (AvgIpc) is 2.47. The summed E-state index contributed by atoms with van der Waals surface area (Å²) in [5.41, 5.74) is 0.575. The highest BCUT2D eigenvalue weighted by atomic mass is 35.5. The van der Waals surface area contributed by atoms with Crippen molar-refractivity contribution >= 4 is 21.6 Å². The second-order valence-electron chi connectivity index (χ2n) is 5.18. The first-order valence-corrected chi connectivity index (χ1v) is 8.85. The predicted octanol–water partition coefficient (Wildman–Crippen LogP) is 2.75. The van der Waals surface area contributed by atoms with Crippen LogP contribution < -0.4 is 0 Å². The van der Waals surface area contributed by atoms with Crippen LogP contribution >= 0.6 is 11.6 Å². The molecular weight excluding hydrogens is 317 g/mol. The van der Waals surface area contributed by atoms with E-state index in [1.54, 1.807) is 6.92 Å². The van der Waals surface area contributed by atoms with E-state index >= 15 is 0 Å². The van der Waals surface area contributed by atoms with Crippen molar-refractivity contribution in [2.75, 3.05) is 13.2 Å². The Kier molecular flexibility index (Phi) is 5.24. The van der Waals surface area contributed by atoms with Gasteiger partial charge in [-0.3, -0.25) is 0 Å². The first-order chi connectivity index (χ1) is 9.90. The molecule has 0 spiro atoms. The summed E-state index contributed by atoms with van der Waals surface area (Å²) in [7, 11) is -3.90. The fourth-order valence-corrected chi connectivity index (χ4v) is 4.43. The van der Waals surface area contributed by atoms with Crippen molar-refractivity contribution in [3.63, 3.8) is 0 Å². The molecule has 7 heteroatoms. The molecule has 21 heavy (non-hydrogen) atoms. The summed E-state index contributed by atoms with van der Waals surface area (Å²) in [5.74, 6) is -0.614. The maximum atomic E-state index is 14.0. The SMILES string of the molecule is CCC1COC(C)CN1S(=O)(=O)c1cc(CCl)ccc1F. The predicted molar refractivity (Wildman–Crippen MR) is 79.3 cm³/mol. The number of benzene rings is 1. The molecule has 1 saturated heterocycles. The van der Waals surface area contributed by atoms with Crippen LogP contribution in [0.4, 0.5) is 4.39 Å². The van der Waals surface area contributed by atoms with Gasteiger partial charge in [-0.05, 0) is 31.0 Å². The average molecular weight is 336 g/mol. The smallest absolute Gasteiger partial charge is 0.246 e. The number of sulfonamides is 1. The fourth-order valence-electron chi connectivity index (χ4n) is 2.38. The molecule has 118 valence electrons. The van der Waals surface area contributed by atoms with Gasteiger partial charge in [0.25, 0.3) is 0 Å². The van der Waals surface area contributed by atoms with Crippen LogP contribution in [0.3, 0.4) is 0 Å². The Morgan fingerprint density at radius 3 is 2.81 bits per heavy atom. The Morgan fingerprint density at radius 2 is 2.19 bits per heavy atom. The van der Waals surface area contributed by atoms with Crippen LogP contribution in [-0.4, -0.2) is 38.0 Å². The highest BCUT2D eigenvalue weighted by Gasteiger charge is 2.37. The molecule has 4 nitrogen and oxygen atoms in total. The van der Waals surface area contributed by atoms with Gasteiger partial charge in [-0.2, -0.15) is 4.31 Å². The summed E-state index contributed by atoms with van der Waals surface area (Å²) < 4.78 is 46.4. The van der Waals surface area contributed by atoms with E-state index < -0.39 is 15.8 Å². The van der Waals surface area contributed by atoms with Gasteiger partial charge in [0.05, 0.1) is 12.7 Å². The van der Waals surface area contributed by atoms with E-state index in [1.807, 2.05) is 6.92 Å². The lowest BCUT2D eigenvalue weighted by Gasteiger charge is -2.37. The third-order valence-corrected chi connectivity index (χ3v) is 5.87. The minimum atomic E-state index is -3.90. The van der Waals surface area contributed by atoms with Gasteiger partial charge in [0.2, 0.25) is 10.0 Å². The molecule has 0 radical (unpaired) electrons. The van der Waals surface area contributed by atoms with Crippen molar-refractivity contribution in [1.29, 1.82) is 0 Å². The standard InChI is InChI=1S/C14H19ClFNO3S/c1-3-12-9-20-10(2)8-17(12)21(18,19)14-6-11(7-15)4-5-13(14)16/h4-6,10,12H,3,7-9H2,1-2H3. The van der Waals surface area contributed by atoms with Crippen LogP contribution in [0.1, 0.15) is 25.8 Å². The molecule has 0 N–H and O–H groups in total. The second-order valence-corrected chi connectivity index (χ2v) is 7.31. The van der Waals surface area contributed by atoms with E-state index in [-0.39, 0.29) is 29.5 Å². The first kappa shape index (κ1) is 16.7. The zero-order chi connectivity index (χ0) is 15.6. The van der Waals surface area contributed by atoms with E-state index in [1.165, 1.54) is 16.4 Å². The second kappa shape index (κ2) is 6.60. The Morgan fingerprint density at radius 1 is 1.48 bits per heavy atom. The molecule has 1 aliphatic heterocycles. The van der Waals surface area contributed by atoms with E-state index in [2.05, 4.69) is 0 Å². The van der Waals surface area contributed by atoms with Gasteiger partial charge >= 0.3 is 0 Å². The maximum absolute atomic E-state index is 14.0. The van der Waals surface area contributed by atoms with Gasteiger partial charge in [-0.1, -0.05) is 13.0 Å². The monoisotopic (exact) mass is 335 g/mol. The van der Waals surface area contributed by atoms with Crippen molar-refractivity contribution in [3.8, 4) is 0 Å². The van der Waals surface area contributed by atoms with E-state index in [0.29, 0.717) is 18.6 Å². The van der Waals surface area contributed by atoms with Crippen molar-refractivity contribution in [3.05, 3.63) is 29.6 Å². The molecule has 1 aromatic rings. The van der Waals surface area contributed by atoms with Gasteiger partial charge in [-0.25, -0.2) is 12.8 Å². The first-order valence-electron chi connectivity index (χ1n) is 6.88. The van der Waals surface area contributed by atoms with Crippen LogP contribution in [0, 0.1) is 5.82 Å². The highest BCUT2D eigenvalue weighted by Crippen LogP contribution is 2.27. The molecule has 1 aliphatic rings. The fraction of sp³-hybridized carbons (Fsp3) is 0.571. The van der Waals surface area contributed by atoms with Gasteiger partial charge in [0, 0.05) is 18.5 Å². The number of ether oxygens (including phenoxy) is 1. The molecule has 1 fully saturated rings. The van der Waals surface area contributed by atoms with Crippen LogP contribution in [0.25, 0.3) is 0 Å². The number of halogens is 2. The summed E-state index contributed by atoms with van der Waals surface area (Å²) in [4.78, 5) is -0.312. The van der Waals surface area contributed by atoms with Crippen molar-refractivity contribution < 1.29 is 17.5 Å². The zero-order valence-corrected chi connectivity index (χ0v) is 13.6. The quantitative estimate of drug-likeness (QED) is 0.795. The molecule has 0 bridgehead atoms. The van der Waals surface area contributed by atoms with E-state index in [9.17, 15) is 12.8 Å². The van der Waals surface area contributed by atoms with Gasteiger partial charge < -0.3 is 4.74 Å². The topological polar surface area (TPSA) is 46.6 Å². The number of morpholine rings is 1. The number of alkyl halides is 1. The molecule has 2 rings (SSSR count). The number of hydrogen-bond donors (Lipinski definition) is 0. The van der Waals surface area contributed by atoms with Crippen molar-refractivity contribution in [2.24, 2.45) is 0 Å². The molecular formula is C14H19ClFNO3S. The number of rotatable bonds is 4. The third-order valence-electron chi connectivity index (χ3n) is 3.63. The van der Waals surface area contributed by atoms with E-state index in [0.717, 1.165) is 6.07 Å². The summed E-state index contributed by atoms with van der Waals surface area (Å²) in [6.07, 6.45) is 0.407. The molecule has 1 aromatic carbocycles. The molecule has 2 unspecified atom stereocenters. The molecule has 0 amide bonds. The van der Waals surface area contributed by atoms with Crippen molar-refractivity contribution in [2.45, 2.75) is 43.2 Å². The lowest BCUT2D eigenvalue weighted by molar-refractivity contribution is -0.0231. The Balaban J connectivity index is 2.44. The Labute approximate surface area is 129 Å². The van der Waals surface area contributed by atoms with E-state index in [4.69, 9.17) is 16.3 Å². The summed E-state index contributed by atoms with van der Waals surface area (Å²) in [6.45, 7) is 4.25. The molecule has 1 heterocycles. The summed E-state index contributed by atoms with van der Waals surface area (Å²) >= 11 is 5.72. The minimum Gasteiger partial charge on any atom is -0.375 e. The molecule has 2 atom stereocenters. The Hall–Kier alpha value is -0.690. The maximum Gasteiger partial charge on any atom is 0.246 e. The van der Waals surface area contributed by atoms with Crippen molar-refractivity contribution in [1.82, 2.24) is 4.31 Å². The van der Waals surface area contributed by atoms with Crippen LogP contribution in [0.2, 0.25) is 0 Å². The summed E-state index contributed by atoms with van der Waals surface area (Å²) in [6, 6.07) is 3.67. The highest BCUT2D eigenvalue weighted by molar-refractivity contribution is 7.89. The molecule has 0 saturated carbocycles. The normalized spacial score (nSPS) is 24.2. The number of nitrogens with zero attached hydrogens (tertiary/aromatic N) is 1. The number of hydrogen-bond acceptors (Lipinski definition) is 3. The van der Waals surface area contributed by atoms with Gasteiger partial charge in [0.15, 0.2) is 0 Å². The zero-order valence-electron chi connectivity index (χ0n) is 12.1. The van der Waals surface area contributed by atoms with Gasteiger partial charge in [0.1, 0.15) is 10.7 Å². The third kappa shape index (κ3) is 3.39. The van der Waals surface area contributed by atoms with Crippen LogP contribution in [-0.2, 0) is 20.6 Å². The Bertz CT molecular complexity index is 608. The lowest BCUT2D eigenvalue weighted by Crippen LogP contribution is -2.51. The largest absolute Gasteiger partial charge is 0.375 e. The molecule has 0 aliphatic carbocycles. The van der Waals surface area contributed by atoms with Gasteiger partial charge in [-0.15, -0.1) is 11.6 Å². The minimum absolute atomic E-state index is 0.138.